The van der Waals surface area contributed by atoms with Gasteiger partial charge in [-0.25, -0.2) is 4.79 Å². The Hall–Kier alpha value is -1.84. The van der Waals surface area contributed by atoms with Crippen LogP contribution in [-0.4, -0.2) is 70.9 Å². The van der Waals surface area contributed by atoms with E-state index >= 15 is 0 Å². The molecule has 0 aromatic carbocycles. The van der Waals surface area contributed by atoms with Crippen LogP contribution in [0.4, 0.5) is 18.0 Å². The Labute approximate surface area is 138 Å². The Kier molecular flexibility index (Phi) is 6.03. The maximum absolute atomic E-state index is 12.5. The van der Waals surface area contributed by atoms with Gasteiger partial charge in [-0.1, -0.05) is 5.16 Å². The van der Waals surface area contributed by atoms with Gasteiger partial charge in [0.05, 0.1) is 6.54 Å². The van der Waals surface area contributed by atoms with E-state index in [1.165, 1.54) is 4.90 Å². The zero-order valence-electron chi connectivity index (χ0n) is 13.8. The third kappa shape index (κ3) is 5.66. The van der Waals surface area contributed by atoms with Gasteiger partial charge in [-0.3, -0.25) is 4.90 Å². The van der Waals surface area contributed by atoms with Crippen molar-refractivity contribution in [1.82, 2.24) is 25.3 Å². The molecule has 7 nitrogen and oxygen atoms in total. The van der Waals surface area contributed by atoms with Crippen LogP contribution in [0.25, 0.3) is 0 Å². The van der Waals surface area contributed by atoms with Gasteiger partial charge in [0.25, 0.3) is 0 Å². The van der Waals surface area contributed by atoms with Crippen LogP contribution in [0.15, 0.2) is 4.52 Å². The first-order valence-corrected chi connectivity index (χ1v) is 7.87. The van der Waals surface area contributed by atoms with Crippen molar-refractivity contribution in [3.05, 3.63) is 11.7 Å². The number of alkyl halides is 3. The molecule has 1 atom stereocenters. The highest BCUT2D eigenvalue weighted by Gasteiger charge is 2.35. The largest absolute Gasteiger partial charge is 0.401 e. The summed E-state index contributed by atoms with van der Waals surface area (Å²) in [6, 6.07) is -0.581. The minimum atomic E-state index is -4.22. The molecule has 1 aromatic heterocycles. The average molecular weight is 349 g/mol. The van der Waals surface area contributed by atoms with Crippen molar-refractivity contribution < 1.29 is 22.5 Å². The Morgan fingerprint density at radius 3 is 2.75 bits per heavy atom. The normalized spacial score (nSPS) is 19.5. The fourth-order valence-electron chi connectivity index (χ4n) is 2.63. The van der Waals surface area contributed by atoms with Crippen LogP contribution in [0.5, 0.6) is 0 Å². The summed E-state index contributed by atoms with van der Waals surface area (Å²) in [5.41, 5.74) is 0. The van der Waals surface area contributed by atoms with Crippen LogP contribution in [0.3, 0.4) is 0 Å². The molecule has 24 heavy (non-hydrogen) atoms. The Morgan fingerprint density at radius 2 is 2.17 bits per heavy atom. The summed E-state index contributed by atoms with van der Waals surface area (Å²) in [5.74, 6) is 1.09. The Bertz CT molecular complexity index is 549. The maximum Gasteiger partial charge on any atom is 0.401 e. The number of rotatable bonds is 5. The summed E-state index contributed by atoms with van der Waals surface area (Å²) in [6.45, 7) is 3.72. The van der Waals surface area contributed by atoms with Crippen molar-refractivity contribution in [2.75, 3.05) is 32.7 Å². The summed E-state index contributed by atoms with van der Waals surface area (Å²) in [5, 5.41) is 6.45. The van der Waals surface area contributed by atoms with E-state index < -0.39 is 12.7 Å². The minimum Gasteiger partial charge on any atom is -0.339 e. The van der Waals surface area contributed by atoms with Crippen LogP contribution in [-0.2, 0) is 6.42 Å². The fraction of sp³-hybridized carbons (Fsp3) is 0.786. The molecule has 136 valence electrons. The fourth-order valence-corrected chi connectivity index (χ4v) is 2.63. The number of hydrogen-bond donors (Lipinski definition) is 1. The summed E-state index contributed by atoms with van der Waals surface area (Å²) in [7, 11) is 0. The van der Waals surface area contributed by atoms with Crippen LogP contribution in [0, 0.1) is 6.92 Å². The molecule has 1 fully saturated rings. The molecule has 0 aliphatic carbocycles. The monoisotopic (exact) mass is 349 g/mol. The summed E-state index contributed by atoms with van der Waals surface area (Å²) in [6.07, 6.45) is -3.00. The molecule has 1 aromatic rings. The van der Waals surface area contributed by atoms with E-state index in [-0.39, 0.29) is 31.7 Å². The first-order chi connectivity index (χ1) is 11.2. The predicted molar refractivity (Wildman–Crippen MR) is 79.4 cm³/mol. The molecule has 10 heteroatoms. The van der Waals surface area contributed by atoms with Crippen molar-refractivity contribution >= 4 is 6.03 Å². The Balaban J connectivity index is 1.68. The highest BCUT2D eigenvalue weighted by Crippen LogP contribution is 2.20. The van der Waals surface area contributed by atoms with Gasteiger partial charge in [0.15, 0.2) is 5.82 Å². The molecule has 0 radical (unpaired) electrons. The van der Waals surface area contributed by atoms with Gasteiger partial charge >= 0.3 is 12.2 Å². The zero-order valence-corrected chi connectivity index (χ0v) is 13.8. The van der Waals surface area contributed by atoms with E-state index in [0.29, 0.717) is 31.1 Å². The van der Waals surface area contributed by atoms with E-state index in [0.717, 1.165) is 0 Å². The average Bonchev–Trinajstić information content (AvgIpc) is 2.90. The van der Waals surface area contributed by atoms with E-state index in [1.807, 2.05) is 0 Å². The van der Waals surface area contributed by atoms with Crippen LogP contribution in [0.1, 0.15) is 25.1 Å². The SMILES string of the molecule is Cc1noc(CCCNC(=O)N2CCN(CC(F)(F)F)[C@H](C)C2)n1. The smallest absolute Gasteiger partial charge is 0.339 e. The maximum atomic E-state index is 12.5. The second-order valence-corrected chi connectivity index (χ2v) is 5.95. The van der Waals surface area contributed by atoms with E-state index in [2.05, 4.69) is 15.5 Å². The lowest BCUT2D eigenvalue weighted by molar-refractivity contribution is -0.153. The number of piperazine rings is 1. The molecular formula is C14H22F3N5O2. The van der Waals surface area contributed by atoms with Crippen molar-refractivity contribution in [3.8, 4) is 0 Å². The van der Waals surface area contributed by atoms with Gasteiger partial charge in [0, 0.05) is 38.6 Å². The van der Waals surface area contributed by atoms with Gasteiger partial charge in [-0.15, -0.1) is 0 Å². The number of nitrogens with one attached hydrogen (secondary N) is 1. The highest BCUT2D eigenvalue weighted by atomic mass is 19.4. The third-order valence-electron chi connectivity index (χ3n) is 3.85. The molecule has 1 saturated heterocycles. The van der Waals surface area contributed by atoms with Gasteiger partial charge in [-0.2, -0.15) is 18.2 Å². The number of urea groups is 1. The number of nitrogens with zero attached hydrogens (tertiary/aromatic N) is 4. The number of halogens is 3. The number of aromatic nitrogens is 2. The number of carbonyl (C=O) groups is 1. The molecule has 0 saturated carbocycles. The quantitative estimate of drug-likeness (QED) is 0.817. The molecule has 2 amide bonds. The first-order valence-electron chi connectivity index (χ1n) is 7.87. The van der Waals surface area contributed by atoms with E-state index in [9.17, 15) is 18.0 Å². The lowest BCUT2D eigenvalue weighted by Gasteiger charge is -2.39. The van der Waals surface area contributed by atoms with Gasteiger partial charge in [-0.05, 0) is 20.3 Å². The van der Waals surface area contributed by atoms with E-state index in [4.69, 9.17) is 4.52 Å². The summed E-state index contributed by atoms with van der Waals surface area (Å²) >= 11 is 0. The van der Waals surface area contributed by atoms with Gasteiger partial charge in [0.1, 0.15) is 0 Å². The van der Waals surface area contributed by atoms with Crippen molar-refractivity contribution in [2.45, 2.75) is 38.9 Å². The topological polar surface area (TPSA) is 74.5 Å². The molecule has 2 rings (SSSR count). The van der Waals surface area contributed by atoms with E-state index in [1.54, 1.807) is 18.7 Å². The lowest BCUT2D eigenvalue weighted by Crippen LogP contribution is -2.57. The molecule has 0 spiro atoms. The van der Waals surface area contributed by atoms with Crippen molar-refractivity contribution in [3.63, 3.8) is 0 Å². The predicted octanol–water partition coefficient (Wildman–Crippen LogP) is 1.59. The molecular weight excluding hydrogens is 327 g/mol. The minimum absolute atomic E-state index is 0.218. The van der Waals surface area contributed by atoms with Crippen LogP contribution < -0.4 is 5.32 Å². The zero-order chi connectivity index (χ0) is 17.7. The second-order valence-electron chi connectivity index (χ2n) is 5.95. The van der Waals surface area contributed by atoms with Crippen LogP contribution in [0.2, 0.25) is 0 Å². The highest BCUT2D eigenvalue weighted by molar-refractivity contribution is 5.74. The molecule has 0 bridgehead atoms. The number of hydrogen-bond acceptors (Lipinski definition) is 5. The molecule has 1 N–H and O–H groups in total. The standard InChI is InChI=1S/C14H22F3N5O2/c1-10-8-21(6-7-22(10)9-14(15,16)17)13(23)18-5-3-4-12-19-11(2)20-24-12/h10H,3-9H2,1-2H3,(H,18,23)/t10-/m1/s1. The van der Waals surface area contributed by atoms with Gasteiger partial charge < -0.3 is 14.7 Å². The lowest BCUT2D eigenvalue weighted by atomic mass is 10.2. The third-order valence-corrected chi connectivity index (χ3v) is 3.85. The number of aryl methyl sites for hydroxylation is 2. The first kappa shape index (κ1) is 18.5. The summed E-state index contributed by atoms with van der Waals surface area (Å²) < 4.78 is 42.4. The molecule has 1 aliphatic heterocycles. The number of amides is 2. The van der Waals surface area contributed by atoms with Crippen molar-refractivity contribution in [2.24, 2.45) is 0 Å². The summed E-state index contributed by atoms with van der Waals surface area (Å²) in [4.78, 5) is 19.0. The molecule has 1 aliphatic rings. The van der Waals surface area contributed by atoms with Gasteiger partial charge in [0.2, 0.25) is 5.89 Å². The van der Waals surface area contributed by atoms with Crippen LogP contribution >= 0.6 is 0 Å². The second kappa shape index (κ2) is 7.82. The van der Waals surface area contributed by atoms with Crippen molar-refractivity contribution in [1.29, 1.82) is 0 Å². The number of carbonyl (C=O) groups excluding carboxylic acids is 1. The molecule has 0 unspecified atom stereocenters. The molecule has 2 heterocycles. The Morgan fingerprint density at radius 1 is 1.42 bits per heavy atom.